The molecular weight excluding hydrogens is 220 g/mol. The fraction of sp³-hybridized carbons (Fsp3) is 0.727. The molecule has 0 unspecified atom stereocenters. The van der Waals surface area contributed by atoms with Gasteiger partial charge >= 0.3 is 0 Å². The van der Waals surface area contributed by atoms with Crippen molar-refractivity contribution in [3.8, 4) is 0 Å². The SMILES string of the molecule is COCCc1c(C(N)=O)nnn1CCC1CC1. The second kappa shape index (κ2) is 5.27. The van der Waals surface area contributed by atoms with E-state index in [0.29, 0.717) is 13.0 Å². The van der Waals surface area contributed by atoms with Gasteiger partial charge < -0.3 is 10.5 Å². The van der Waals surface area contributed by atoms with E-state index in [1.54, 1.807) is 11.8 Å². The van der Waals surface area contributed by atoms with Crippen molar-refractivity contribution in [3.05, 3.63) is 11.4 Å². The zero-order chi connectivity index (χ0) is 12.3. The van der Waals surface area contributed by atoms with E-state index in [1.165, 1.54) is 12.8 Å². The van der Waals surface area contributed by atoms with Gasteiger partial charge in [0.05, 0.1) is 12.3 Å². The number of hydrogen-bond donors (Lipinski definition) is 1. The molecule has 0 atom stereocenters. The number of methoxy groups -OCH3 is 1. The number of ether oxygens (including phenoxy) is 1. The van der Waals surface area contributed by atoms with Gasteiger partial charge in [0.2, 0.25) is 0 Å². The molecule has 0 aromatic carbocycles. The topological polar surface area (TPSA) is 83.0 Å². The van der Waals surface area contributed by atoms with Crippen LogP contribution < -0.4 is 5.73 Å². The van der Waals surface area contributed by atoms with Crippen LogP contribution in [0.25, 0.3) is 0 Å². The second-order valence-corrected chi connectivity index (χ2v) is 4.45. The summed E-state index contributed by atoms with van der Waals surface area (Å²) in [7, 11) is 1.63. The highest BCUT2D eigenvalue weighted by atomic mass is 16.5. The first-order valence-electron chi connectivity index (χ1n) is 5.93. The summed E-state index contributed by atoms with van der Waals surface area (Å²) in [5.74, 6) is 0.306. The Hall–Kier alpha value is -1.43. The Labute approximate surface area is 100 Å². The van der Waals surface area contributed by atoms with Gasteiger partial charge in [0.1, 0.15) is 0 Å². The van der Waals surface area contributed by atoms with Crippen molar-refractivity contribution in [1.82, 2.24) is 15.0 Å². The zero-order valence-electron chi connectivity index (χ0n) is 10.1. The van der Waals surface area contributed by atoms with Crippen molar-refractivity contribution in [3.63, 3.8) is 0 Å². The van der Waals surface area contributed by atoms with Gasteiger partial charge in [-0.1, -0.05) is 18.1 Å². The summed E-state index contributed by atoms with van der Waals surface area (Å²) in [6.45, 7) is 1.35. The van der Waals surface area contributed by atoms with Crippen molar-refractivity contribution in [1.29, 1.82) is 0 Å². The first-order chi connectivity index (χ1) is 8.22. The fourth-order valence-electron chi connectivity index (χ4n) is 1.86. The van der Waals surface area contributed by atoms with Crippen LogP contribution in [0.15, 0.2) is 0 Å². The highest BCUT2D eigenvalue weighted by Crippen LogP contribution is 2.32. The molecule has 94 valence electrons. The predicted octanol–water partition coefficient (Wildman–Crippen LogP) is 0.366. The van der Waals surface area contributed by atoms with Crippen LogP contribution >= 0.6 is 0 Å². The number of carbonyl (C=O) groups excluding carboxylic acids is 1. The third kappa shape index (κ3) is 3.03. The maximum atomic E-state index is 11.2. The Morgan fingerprint density at radius 3 is 2.94 bits per heavy atom. The Balaban J connectivity index is 2.08. The standard InChI is InChI=1S/C11H18N4O2/c1-17-7-5-9-10(11(12)16)13-14-15(9)6-4-8-2-3-8/h8H,2-7H2,1H3,(H2,12,16). The molecule has 1 aliphatic rings. The summed E-state index contributed by atoms with van der Waals surface area (Å²) < 4.78 is 6.81. The van der Waals surface area contributed by atoms with Gasteiger partial charge in [-0.2, -0.15) is 0 Å². The summed E-state index contributed by atoms with van der Waals surface area (Å²) in [6, 6.07) is 0. The third-order valence-corrected chi connectivity index (χ3v) is 3.06. The first kappa shape index (κ1) is 12.0. The molecular formula is C11H18N4O2. The van der Waals surface area contributed by atoms with Gasteiger partial charge in [0.25, 0.3) is 5.91 Å². The minimum absolute atomic E-state index is 0.276. The fourth-order valence-corrected chi connectivity index (χ4v) is 1.86. The molecule has 0 bridgehead atoms. The van der Waals surface area contributed by atoms with Crippen LogP contribution in [0.4, 0.5) is 0 Å². The van der Waals surface area contributed by atoms with Gasteiger partial charge in [0.15, 0.2) is 5.69 Å². The van der Waals surface area contributed by atoms with E-state index in [0.717, 1.165) is 24.6 Å². The monoisotopic (exact) mass is 238 g/mol. The van der Waals surface area contributed by atoms with E-state index < -0.39 is 5.91 Å². The molecule has 1 aliphatic carbocycles. The summed E-state index contributed by atoms with van der Waals surface area (Å²) in [4.78, 5) is 11.2. The lowest BCUT2D eigenvalue weighted by Gasteiger charge is -2.06. The van der Waals surface area contributed by atoms with Gasteiger partial charge in [0, 0.05) is 20.1 Å². The van der Waals surface area contributed by atoms with Gasteiger partial charge in [-0.15, -0.1) is 5.10 Å². The van der Waals surface area contributed by atoms with E-state index in [1.807, 2.05) is 0 Å². The molecule has 1 aromatic heterocycles. The summed E-state index contributed by atoms with van der Waals surface area (Å²) in [5.41, 5.74) is 6.34. The first-order valence-corrected chi connectivity index (χ1v) is 5.93. The second-order valence-electron chi connectivity index (χ2n) is 4.45. The number of carbonyl (C=O) groups is 1. The number of hydrogen-bond acceptors (Lipinski definition) is 4. The van der Waals surface area contributed by atoms with Crippen LogP contribution in [0.1, 0.15) is 35.4 Å². The number of nitrogens with zero attached hydrogens (tertiary/aromatic N) is 3. The number of amides is 1. The number of primary amides is 1. The van der Waals surface area contributed by atoms with Gasteiger partial charge in [-0.05, 0) is 12.3 Å². The van der Waals surface area contributed by atoms with Crippen LogP contribution in [-0.2, 0) is 17.7 Å². The molecule has 0 aliphatic heterocycles. The maximum absolute atomic E-state index is 11.2. The summed E-state index contributed by atoms with van der Waals surface area (Å²) in [5, 5.41) is 7.85. The summed E-state index contributed by atoms with van der Waals surface area (Å²) in [6.07, 6.45) is 4.34. The van der Waals surface area contributed by atoms with Crippen LogP contribution in [-0.4, -0.2) is 34.6 Å². The molecule has 1 amide bonds. The molecule has 0 spiro atoms. The molecule has 1 heterocycles. The quantitative estimate of drug-likeness (QED) is 0.743. The number of aromatic nitrogens is 3. The Morgan fingerprint density at radius 2 is 2.35 bits per heavy atom. The molecule has 17 heavy (non-hydrogen) atoms. The molecule has 0 radical (unpaired) electrons. The number of aryl methyl sites for hydroxylation is 1. The number of rotatable bonds is 7. The zero-order valence-corrected chi connectivity index (χ0v) is 10.1. The van der Waals surface area contributed by atoms with Crippen molar-refractivity contribution in [2.75, 3.05) is 13.7 Å². The lowest BCUT2D eigenvalue weighted by Crippen LogP contribution is -2.16. The lowest BCUT2D eigenvalue weighted by atomic mass is 10.2. The van der Waals surface area contributed by atoms with E-state index >= 15 is 0 Å². The van der Waals surface area contributed by atoms with Crippen LogP contribution in [0.5, 0.6) is 0 Å². The average molecular weight is 238 g/mol. The van der Waals surface area contributed by atoms with E-state index in [4.69, 9.17) is 10.5 Å². The van der Waals surface area contributed by atoms with E-state index in [-0.39, 0.29) is 5.69 Å². The molecule has 2 rings (SSSR count). The number of nitrogens with two attached hydrogens (primary N) is 1. The Kier molecular flexibility index (Phi) is 3.73. The van der Waals surface area contributed by atoms with Gasteiger partial charge in [-0.3, -0.25) is 4.79 Å². The minimum atomic E-state index is -0.520. The highest BCUT2D eigenvalue weighted by Gasteiger charge is 2.23. The third-order valence-electron chi connectivity index (χ3n) is 3.06. The highest BCUT2D eigenvalue weighted by molar-refractivity contribution is 5.91. The maximum Gasteiger partial charge on any atom is 0.271 e. The van der Waals surface area contributed by atoms with Crippen LogP contribution in [0.3, 0.4) is 0 Å². The summed E-state index contributed by atoms with van der Waals surface area (Å²) >= 11 is 0. The molecule has 1 aromatic rings. The molecule has 0 saturated heterocycles. The van der Waals surface area contributed by atoms with Crippen LogP contribution in [0, 0.1) is 5.92 Å². The Morgan fingerprint density at radius 1 is 1.59 bits per heavy atom. The van der Waals surface area contributed by atoms with E-state index in [2.05, 4.69) is 10.3 Å². The van der Waals surface area contributed by atoms with Crippen molar-refractivity contribution < 1.29 is 9.53 Å². The molecule has 1 saturated carbocycles. The smallest absolute Gasteiger partial charge is 0.271 e. The molecule has 1 fully saturated rings. The van der Waals surface area contributed by atoms with Crippen molar-refractivity contribution >= 4 is 5.91 Å². The van der Waals surface area contributed by atoms with Crippen molar-refractivity contribution in [2.24, 2.45) is 11.7 Å². The largest absolute Gasteiger partial charge is 0.384 e. The molecule has 6 heteroatoms. The lowest BCUT2D eigenvalue weighted by molar-refractivity contribution is 0.0994. The van der Waals surface area contributed by atoms with Crippen molar-refractivity contribution in [2.45, 2.75) is 32.2 Å². The van der Waals surface area contributed by atoms with Gasteiger partial charge in [-0.25, -0.2) is 4.68 Å². The molecule has 2 N–H and O–H groups in total. The predicted molar refractivity (Wildman–Crippen MR) is 61.5 cm³/mol. The minimum Gasteiger partial charge on any atom is -0.384 e. The normalized spacial score (nSPS) is 15.1. The molecule has 6 nitrogen and oxygen atoms in total. The van der Waals surface area contributed by atoms with Crippen LogP contribution in [0.2, 0.25) is 0 Å². The average Bonchev–Trinajstić information content (AvgIpc) is 3.04. The van der Waals surface area contributed by atoms with E-state index in [9.17, 15) is 4.79 Å². The Bertz CT molecular complexity index is 398.